The first-order valence-electron chi connectivity index (χ1n) is 8.58. The molecule has 10 nitrogen and oxygen atoms in total. The van der Waals surface area contributed by atoms with E-state index in [1.54, 1.807) is 10.7 Å². The van der Waals surface area contributed by atoms with Gasteiger partial charge in [-0.05, 0) is 37.1 Å². The highest BCUT2D eigenvalue weighted by molar-refractivity contribution is 7.07. The predicted octanol–water partition coefficient (Wildman–Crippen LogP) is 2.47. The van der Waals surface area contributed by atoms with Gasteiger partial charge >= 0.3 is 5.88 Å². The number of amides is 1. The Morgan fingerprint density at radius 1 is 1.38 bits per heavy atom. The Hall–Kier alpha value is -3.73. The summed E-state index contributed by atoms with van der Waals surface area (Å²) in [4.78, 5) is 27.0. The highest BCUT2D eigenvalue weighted by Gasteiger charge is 2.21. The van der Waals surface area contributed by atoms with E-state index in [4.69, 9.17) is 10.2 Å². The molecule has 2 aromatic heterocycles. The fourth-order valence-electron chi connectivity index (χ4n) is 2.58. The molecule has 0 atom stereocenters. The maximum Gasteiger partial charge on any atom is 0.433 e. The van der Waals surface area contributed by atoms with Gasteiger partial charge in [0.05, 0.1) is 29.6 Å². The van der Waals surface area contributed by atoms with Crippen molar-refractivity contribution in [3.8, 4) is 17.0 Å². The summed E-state index contributed by atoms with van der Waals surface area (Å²) < 4.78 is 6.67. The monoisotopic (exact) mass is 413 g/mol. The number of rotatable bonds is 6. The molecule has 1 aromatic carbocycles. The van der Waals surface area contributed by atoms with Crippen LogP contribution in [0.2, 0.25) is 0 Å². The normalized spacial score (nSPS) is 14.6. The molecular formula is C18H15N5O5S. The molecule has 0 aliphatic heterocycles. The molecule has 0 bridgehead atoms. The molecular weight excluding hydrogens is 398 g/mol. The van der Waals surface area contributed by atoms with E-state index in [1.165, 1.54) is 41.8 Å². The van der Waals surface area contributed by atoms with Crippen LogP contribution in [0.15, 0.2) is 50.2 Å². The number of carbonyl (C=O) groups excluding carboxylic acids is 1. The summed E-state index contributed by atoms with van der Waals surface area (Å²) in [5.41, 5.74) is 6.54. The van der Waals surface area contributed by atoms with E-state index in [2.05, 4.69) is 10.1 Å². The summed E-state index contributed by atoms with van der Waals surface area (Å²) in [6, 6.07) is 7.43. The molecule has 4 rings (SSSR count). The number of benzene rings is 1. The van der Waals surface area contributed by atoms with Crippen molar-refractivity contribution in [2.24, 2.45) is 15.8 Å². The highest BCUT2D eigenvalue weighted by Crippen LogP contribution is 2.27. The van der Waals surface area contributed by atoms with Gasteiger partial charge in [0.1, 0.15) is 10.7 Å². The van der Waals surface area contributed by atoms with Crippen LogP contribution in [0, 0.1) is 10.1 Å². The van der Waals surface area contributed by atoms with E-state index in [-0.39, 0.29) is 29.0 Å². The quantitative estimate of drug-likeness (QED) is 0.362. The molecule has 2 heterocycles. The number of hydrogen-bond acceptors (Lipinski definition) is 8. The summed E-state index contributed by atoms with van der Waals surface area (Å²) in [6.07, 6.45) is 3.36. The van der Waals surface area contributed by atoms with Crippen LogP contribution in [-0.2, 0) is 0 Å². The first-order chi connectivity index (χ1) is 13.9. The number of carbonyl (C=O) groups is 1. The number of aromatic hydroxyl groups is 1. The van der Waals surface area contributed by atoms with Gasteiger partial charge in [-0.25, -0.2) is 4.68 Å². The molecule has 1 aliphatic carbocycles. The lowest BCUT2D eigenvalue weighted by Crippen LogP contribution is -2.14. The van der Waals surface area contributed by atoms with Crippen LogP contribution in [-0.4, -0.2) is 32.9 Å². The van der Waals surface area contributed by atoms with Crippen molar-refractivity contribution >= 4 is 29.3 Å². The minimum Gasteiger partial charge on any atom is -0.507 e. The Morgan fingerprint density at radius 2 is 2.17 bits per heavy atom. The van der Waals surface area contributed by atoms with Gasteiger partial charge in [-0.3, -0.25) is 19.9 Å². The molecule has 0 radical (unpaired) electrons. The zero-order valence-corrected chi connectivity index (χ0v) is 15.7. The zero-order valence-electron chi connectivity index (χ0n) is 14.9. The summed E-state index contributed by atoms with van der Waals surface area (Å²) in [5.74, 6) is -1.13. The average Bonchev–Trinajstić information content (AvgIpc) is 3.21. The molecule has 0 saturated heterocycles. The first-order valence-corrected chi connectivity index (χ1v) is 9.46. The molecule has 1 aliphatic rings. The second kappa shape index (κ2) is 7.36. The third-order valence-electron chi connectivity index (χ3n) is 4.18. The first kappa shape index (κ1) is 18.6. The third-order valence-corrected chi connectivity index (χ3v) is 5.01. The standard InChI is InChI=1S/C18H15N5O5S/c19-17(25)13-7-10(1-5-15(13)24)14-9-29-18(21-11-2-3-11)22(14)20-8-12-4-6-16(28-12)23(26)27/h1,4-9,11,24H,2-3H2,(H2,19,25)/b20-8+,21-18?. The summed E-state index contributed by atoms with van der Waals surface area (Å²) >= 11 is 1.37. The molecule has 3 aromatic rings. The van der Waals surface area contributed by atoms with Crippen LogP contribution < -0.4 is 10.5 Å². The molecule has 1 saturated carbocycles. The summed E-state index contributed by atoms with van der Waals surface area (Å²) in [5, 5.41) is 26.8. The number of hydrogen-bond donors (Lipinski definition) is 2. The van der Waals surface area contributed by atoms with Crippen molar-refractivity contribution in [3.05, 3.63) is 62.0 Å². The van der Waals surface area contributed by atoms with Gasteiger partial charge in [0.25, 0.3) is 5.91 Å². The van der Waals surface area contributed by atoms with E-state index in [0.29, 0.717) is 16.1 Å². The molecule has 3 N–H and O–H groups in total. The molecule has 29 heavy (non-hydrogen) atoms. The van der Waals surface area contributed by atoms with Gasteiger partial charge in [0.2, 0.25) is 4.80 Å². The van der Waals surface area contributed by atoms with Gasteiger partial charge in [-0.15, -0.1) is 11.3 Å². The Balaban J connectivity index is 1.78. The van der Waals surface area contributed by atoms with Crippen LogP contribution >= 0.6 is 11.3 Å². The lowest BCUT2D eigenvalue weighted by atomic mass is 10.1. The smallest absolute Gasteiger partial charge is 0.433 e. The number of nitrogens with two attached hydrogens (primary N) is 1. The predicted molar refractivity (Wildman–Crippen MR) is 105 cm³/mol. The largest absolute Gasteiger partial charge is 0.507 e. The average molecular weight is 413 g/mol. The van der Waals surface area contributed by atoms with Gasteiger partial charge in [0.15, 0.2) is 5.76 Å². The van der Waals surface area contributed by atoms with Gasteiger partial charge in [-0.2, -0.15) is 5.10 Å². The van der Waals surface area contributed by atoms with Crippen LogP contribution in [0.25, 0.3) is 11.3 Å². The summed E-state index contributed by atoms with van der Waals surface area (Å²) in [7, 11) is 0. The summed E-state index contributed by atoms with van der Waals surface area (Å²) in [6.45, 7) is 0. The number of thiazole rings is 1. The molecule has 1 fully saturated rings. The molecule has 1 amide bonds. The number of aromatic nitrogens is 1. The Morgan fingerprint density at radius 3 is 2.83 bits per heavy atom. The van der Waals surface area contributed by atoms with E-state index in [9.17, 15) is 20.0 Å². The molecule has 148 valence electrons. The number of furan rings is 1. The fraction of sp³-hybridized carbons (Fsp3) is 0.167. The SMILES string of the molecule is NC(=O)c1cc(-c2csc(=NC3CC3)n2/N=C/c2ccc([N+](=O)[O-])o2)ccc1O. The Kier molecular flexibility index (Phi) is 4.72. The Bertz CT molecular complexity index is 1200. The maximum atomic E-state index is 11.6. The second-order valence-electron chi connectivity index (χ2n) is 6.35. The second-order valence-corrected chi connectivity index (χ2v) is 7.19. The van der Waals surface area contributed by atoms with Gasteiger partial charge in [0, 0.05) is 10.9 Å². The van der Waals surface area contributed by atoms with Crippen molar-refractivity contribution in [1.82, 2.24) is 4.68 Å². The maximum absolute atomic E-state index is 11.6. The van der Waals surface area contributed by atoms with Crippen LogP contribution in [0.4, 0.5) is 5.88 Å². The lowest BCUT2D eigenvalue weighted by Gasteiger charge is -2.06. The van der Waals surface area contributed by atoms with E-state index >= 15 is 0 Å². The minimum atomic E-state index is -0.750. The lowest BCUT2D eigenvalue weighted by molar-refractivity contribution is -0.402. The van der Waals surface area contributed by atoms with E-state index in [0.717, 1.165) is 12.8 Å². The highest BCUT2D eigenvalue weighted by atomic mass is 32.1. The molecule has 0 spiro atoms. The number of nitrogens with zero attached hydrogens (tertiary/aromatic N) is 4. The minimum absolute atomic E-state index is 0.00780. The number of phenols is 1. The van der Waals surface area contributed by atoms with Gasteiger partial charge in [-0.1, -0.05) is 0 Å². The fourth-order valence-corrected chi connectivity index (χ4v) is 3.48. The van der Waals surface area contributed by atoms with Crippen molar-refractivity contribution in [2.45, 2.75) is 18.9 Å². The topological polar surface area (TPSA) is 149 Å². The van der Waals surface area contributed by atoms with Crippen molar-refractivity contribution < 1.29 is 19.2 Å². The third kappa shape index (κ3) is 3.94. The van der Waals surface area contributed by atoms with Crippen LogP contribution in [0.5, 0.6) is 5.75 Å². The van der Waals surface area contributed by atoms with Crippen molar-refractivity contribution in [1.29, 1.82) is 0 Å². The molecule has 11 heteroatoms. The number of nitro groups is 1. The van der Waals surface area contributed by atoms with Gasteiger partial charge < -0.3 is 15.3 Å². The van der Waals surface area contributed by atoms with Crippen molar-refractivity contribution in [3.63, 3.8) is 0 Å². The van der Waals surface area contributed by atoms with Crippen LogP contribution in [0.1, 0.15) is 29.0 Å². The Labute approximate surface area is 167 Å². The number of primary amides is 1. The van der Waals surface area contributed by atoms with E-state index < -0.39 is 10.8 Å². The van der Waals surface area contributed by atoms with Crippen molar-refractivity contribution in [2.75, 3.05) is 0 Å². The van der Waals surface area contributed by atoms with Crippen LogP contribution in [0.3, 0.4) is 0 Å². The van der Waals surface area contributed by atoms with E-state index in [1.807, 2.05) is 5.38 Å². The zero-order chi connectivity index (χ0) is 20.5. The molecule has 0 unspecified atom stereocenters.